The average Bonchev–Trinajstić information content (AvgIpc) is 3.35. The van der Waals surface area contributed by atoms with Crippen molar-refractivity contribution in [1.29, 1.82) is 0 Å². The molecule has 1 N–H and O–H groups in total. The normalized spacial score (nSPS) is 16.4. The molecule has 2 heterocycles. The van der Waals surface area contributed by atoms with Crippen LogP contribution in [0.5, 0.6) is 5.75 Å². The predicted molar refractivity (Wildman–Crippen MR) is 107 cm³/mol. The van der Waals surface area contributed by atoms with E-state index in [1.807, 2.05) is 55.5 Å². The largest absolute Gasteiger partial charge is 0.492 e. The molecule has 1 aliphatic heterocycles. The highest BCUT2D eigenvalue weighted by Gasteiger charge is 2.23. The molecule has 1 aromatic heterocycles. The van der Waals surface area contributed by atoms with E-state index in [4.69, 9.17) is 14.5 Å². The highest BCUT2D eigenvalue weighted by Crippen LogP contribution is 2.18. The van der Waals surface area contributed by atoms with Gasteiger partial charge in [-0.25, -0.2) is 4.98 Å². The Bertz CT molecular complexity index is 961. The van der Waals surface area contributed by atoms with Crippen molar-refractivity contribution in [3.63, 3.8) is 0 Å². The third-order valence-electron chi connectivity index (χ3n) is 4.95. The van der Waals surface area contributed by atoms with Crippen LogP contribution >= 0.6 is 0 Å². The van der Waals surface area contributed by atoms with E-state index in [0.717, 1.165) is 35.4 Å². The van der Waals surface area contributed by atoms with E-state index in [0.29, 0.717) is 26.3 Å². The van der Waals surface area contributed by atoms with Crippen molar-refractivity contribution in [2.24, 2.45) is 0 Å². The lowest BCUT2D eigenvalue weighted by Crippen LogP contribution is -2.34. The maximum absolute atomic E-state index is 12.3. The molecule has 6 nitrogen and oxygen atoms in total. The van der Waals surface area contributed by atoms with E-state index in [9.17, 15) is 4.79 Å². The van der Waals surface area contributed by atoms with Crippen LogP contribution < -0.4 is 10.1 Å². The lowest BCUT2D eigenvalue weighted by atomic mass is 10.2. The molecule has 2 aromatic carbocycles. The second kappa shape index (κ2) is 8.44. The highest BCUT2D eigenvalue weighted by molar-refractivity contribution is 5.81. The standard InChI is InChI=1S/C22H25N3O3/c1-16-6-4-7-17(14-16)27-13-11-25-19-9-3-2-8-18(19)24-21(25)15-23-22(26)20-10-5-12-28-20/h2-4,6-9,14,20H,5,10-13,15H2,1H3,(H,23,26). The first-order valence-corrected chi connectivity index (χ1v) is 9.73. The van der Waals surface area contributed by atoms with Crippen molar-refractivity contribution in [3.8, 4) is 5.75 Å². The molecule has 4 rings (SSSR count). The van der Waals surface area contributed by atoms with Crippen LogP contribution in [0.3, 0.4) is 0 Å². The number of imidazole rings is 1. The van der Waals surface area contributed by atoms with E-state index in [1.165, 1.54) is 5.56 Å². The number of rotatable bonds is 7. The predicted octanol–water partition coefficient (Wildman–Crippen LogP) is 3.22. The molecule has 0 saturated carbocycles. The molecule has 1 aliphatic rings. The molecule has 0 bridgehead atoms. The van der Waals surface area contributed by atoms with Crippen molar-refractivity contribution >= 4 is 16.9 Å². The van der Waals surface area contributed by atoms with Gasteiger partial charge in [-0.1, -0.05) is 24.3 Å². The first kappa shape index (κ1) is 18.5. The fourth-order valence-corrected chi connectivity index (χ4v) is 3.53. The number of nitrogens with zero attached hydrogens (tertiary/aromatic N) is 2. The van der Waals surface area contributed by atoms with Crippen LogP contribution in [-0.4, -0.2) is 34.8 Å². The molecule has 0 aliphatic carbocycles. The zero-order valence-electron chi connectivity index (χ0n) is 16.1. The van der Waals surface area contributed by atoms with Gasteiger partial charge < -0.3 is 19.4 Å². The number of amides is 1. The number of hydrogen-bond donors (Lipinski definition) is 1. The molecule has 1 unspecified atom stereocenters. The first-order chi connectivity index (χ1) is 13.7. The van der Waals surface area contributed by atoms with E-state index in [-0.39, 0.29) is 12.0 Å². The van der Waals surface area contributed by atoms with Crippen LogP contribution in [0.15, 0.2) is 48.5 Å². The Labute approximate surface area is 164 Å². The summed E-state index contributed by atoms with van der Waals surface area (Å²) in [6.45, 7) is 4.26. The summed E-state index contributed by atoms with van der Waals surface area (Å²) >= 11 is 0. The summed E-state index contributed by atoms with van der Waals surface area (Å²) in [5.74, 6) is 1.62. The monoisotopic (exact) mass is 379 g/mol. The quantitative estimate of drug-likeness (QED) is 0.685. The second-order valence-electron chi connectivity index (χ2n) is 7.05. The molecular formula is C22H25N3O3. The van der Waals surface area contributed by atoms with Gasteiger partial charge in [0.2, 0.25) is 5.91 Å². The Hall–Kier alpha value is -2.86. The fourth-order valence-electron chi connectivity index (χ4n) is 3.53. The molecule has 1 atom stereocenters. The third-order valence-corrected chi connectivity index (χ3v) is 4.95. The maximum Gasteiger partial charge on any atom is 0.249 e. The number of aryl methyl sites for hydroxylation is 1. The summed E-state index contributed by atoms with van der Waals surface area (Å²) in [4.78, 5) is 17.0. The summed E-state index contributed by atoms with van der Waals surface area (Å²) in [5, 5.41) is 2.97. The Morgan fingerprint density at radius 2 is 2.18 bits per heavy atom. The highest BCUT2D eigenvalue weighted by atomic mass is 16.5. The second-order valence-corrected chi connectivity index (χ2v) is 7.05. The molecule has 3 aromatic rings. The van der Waals surface area contributed by atoms with Gasteiger partial charge in [0.1, 0.15) is 24.3 Å². The van der Waals surface area contributed by atoms with Gasteiger partial charge in [-0.15, -0.1) is 0 Å². The summed E-state index contributed by atoms with van der Waals surface area (Å²) in [7, 11) is 0. The number of nitrogens with one attached hydrogen (secondary N) is 1. The lowest BCUT2D eigenvalue weighted by Gasteiger charge is -2.13. The van der Waals surface area contributed by atoms with Crippen molar-refractivity contribution < 1.29 is 14.3 Å². The summed E-state index contributed by atoms with van der Waals surface area (Å²) in [6.07, 6.45) is 1.39. The number of fused-ring (bicyclic) bond motifs is 1. The van der Waals surface area contributed by atoms with Crippen LogP contribution in [0, 0.1) is 6.92 Å². The van der Waals surface area contributed by atoms with Crippen LogP contribution in [-0.2, 0) is 22.6 Å². The molecule has 6 heteroatoms. The number of aromatic nitrogens is 2. The first-order valence-electron chi connectivity index (χ1n) is 9.73. The van der Waals surface area contributed by atoms with Gasteiger partial charge in [-0.2, -0.15) is 0 Å². The van der Waals surface area contributed by atoms with E-state index in [2.05, 4.69) is 9.88 Å². The van der Waals surface area contributed by atoms with Crippen LogP contribution in [0.2, 0.25) is 0 Å². The topological polar surface area (TPSA) is 65.4 Å². The Morgan fingerprint density at radius 3 is 3.00 bits per heavy atom. The molecule has 1 saturated heterocycles. The molecule has 28 heavy (non-hydrogen) atoms. The van der Waals surface area contributed by atoms with Gasteiger partial charge in [0.05, 0.1) is 24.1 Å². The molecule has 1 fully saturated rings. The Balaban J connectivity index is 1.46. The van der Waals surface area contributed by atoms with Crippen LogP contribution in [0.4, 0.5) is 0 Å². The molecule has 0 radical (unpaired) electrons. The Morgan fingerprint density at radius 1 is 1.29 bits per heavy atom. The van der Waals surface area contributed by atoms with Crippen molar-refractivity contribution in [2.45, 2.75) is 39.0 Å². The molecule has 146 valence electrons. The average molecular weight is 379 g/mol. The van der Waals surface area contributed by atoms with Gasteiger partial charge in [0.25, 0.3) is 0 Å². The minimum Gasteiger partial charge on any atom is -0.492 e. The summed E-state index contributed by atoms with van der Waals surface area (Å²) < 4.78 is 13.5. The van der Waals surface area contributed by atoms with Crippen molar-refractivity contribution in [3.05, 3.63) is 59.9 Å². The minimum absolute atomic E-state index is 0.0629. The Kier molecular flexibility index (Phi) is 5.58. The minimum atomic E-state index is -0.331. The SMILES string of the molecule is Cc1cccc(OCCn2c(CNC(=O)C3CCCO3)nc3ccccc32)c1. The fraction of sp³-hybridized carbons (Fsp3) is 0.364. The van der Waals surface area contributed by atoms with Gasteiger partial charge >= 0.3 is 0 Å². The van der Waals surface area contributed by atoms with Gasteiger partial charge in [0.15, 0.2) is 0 Å². The van der Waals surface area contributed by atoms with Crippen LogP contribution in [0.25, 0.3) is 11.0 Å². The van der Waals surface area contributed by atoms with Crippen molar-refractivity contribution in [2.75, 3.05) is 13.2 Å². The number of carbonyl (C=O) groups is 1. The van der Waals surface area contributed by atoms with Gasteiger partial charge in [0, 0.05) is 6.61 Å². The number of ether oxygens (including phenoxy) is 2. The molecular weight excluding hydrogens is 354 g/mol. The van der Waals surface area contributed by atoms with Crippen molar-refractivity contribution in [1.82, 2.24) is 14.9 Å². The maximum atomic E-state index is 12.3. The zero-order chi connectivity index (χ0) is 19.3. The molecule has 0 spiro atoms. The third kappa shape index (κ3) is 4.17. The van der Waals surface area contributed by atoms with E-state index >= 15 is 0 Å². The zero-order valence-corrected chi connectivity index (χ0v) is 16.1. The van der Waals surface area contributed by atoms with Gasteiger partial charge in [-0.3, -0.25) is 4.79 Å². The number of para-hydroxylation sites is 2. The van der Waals surface area contributed by atoms with Gasteiger partial charge in [-0.05, 0) is 49.6 Å². The van der Waals surface area contributed by atoms with E-state index < -0.39 is 0 Å². The summed E-state index contributed by atoms with van der Waals surface area (Å²) in [5.41, 5.74) is 3.12. The lowest BCUT2D eigenvalue weighted by molar-refractivity contribution is -0.130. The number of hydrogen-bond acceptors (Lipinski definition) is 4. The van der Waals surface area contributed by atoms with E-state index in [1.54, 1.807) is 0 Å². The smallest absolute Gasteiger partial charge is 0.249 e. The van der Waals surface area contributed by atoms with Crippen LogP contribution in [0.1, 0.15) is 24.2 Å². The number of carbonyl (C=O) groups excluding carboxylic acids is 1. The molecule has 1 amide bonds. The number of benzene rings is 2. The summed E-state index contributed by atoms with van der Waals surface area (Å²) in [6, 6.07) is 16.0.